The zero-order valence-electron chi connectivity index (χ0n) is 18.2. The molecule has 10 heteroatoms. The topological polar surface area (TPSA) is 86.8 Å². The number of nitrogens with one attached hydrogen (secondary N) is 1. The summed E-state index contributed by atoms with van der Waals surface area (Å²) in [7, 11) is -3.76. The molecular formula is C22H27BrClN3O4S. The van der Waals surface area contributed by atoms with Crippen molar-refractivity contribution < 1.29 is 18.0 Å². The number of hydrogen-bond donors (Lipinski definition) is 1. The van der Waals surface area contributed by atoms with Gasteiger partial charge < -0.3 is 10.2 Å². The third-order valence-corrected chi connectivity index (χ3v) is 6.70. The SMILES string of the molecule is CCCNC(=O)[C@@H](C)N(Cc1ccc(Br)cc1)C(=O)CN(c1ccc(Cl)cc1)S(C)(=O)=O. The fourth-order valence-electron chi connectivity index (χ4n) is 2.99. The van der Waals surface area contributed by atoms with Gasteiger partial charge in [0, 0.05) is 22.6 Å². The van der Waals surface area contributed by atoms with E-state index in [0.717, 1.165) is 27.0 Å². The average molecular weight is 545 g/mol. The van der Waals surface area contributed by atoms with Gasteiger partial charge in [-0.3, -0.25) is 13.9 Å². The smallest absolute Gasteiger partial charge is 0.244 e. The monoisotopic (exact) mass is 543 g/mol. The van der Waals surface area contributed by atoms with E-state index in [1.165, 1.54) is 17.0 Å². The van der Waals surface area contributed by atoms with Crippen LogP contribution in [0, 0.1) is 0 Å². The molecule has 0 bridgehead atoms. The van der Waals surface area contributed by atoms with Crippen LogP contribution in [0.3, 0.4) is 0 Å². The lowest BCUT2D eigenvalue weighted by atomic mass is 10.1. The normalized spacial score (nSPS) is 12.2. The van der Waals surface area contributed by atoms with Crippen molar-refractivity contribution >= 4 is 55.1 Å². The molecule has 7 nitrogen and oxygen atoms in total. The van der Waals surface area contributed by atoms with Crippen molar-refractivity contribution in [3.63, 3.8) is 0 Å². The highest BCUT2D eigenvalue weighted by Gasteiger charge is 2.29. The Morgan fingerprint density at radius 3 is 2.22 bits per heavy atom. The highest BCUT2D eigenvalue weighted by atomic mass is 79.9. The Morgan fingerprint density at radius 2 is 1.69 bits per heavy atom. The van der Waals surface area contributed by atoms with Crippen LogP contribution < -0.4 is 9.62 Å². The average Bonchev–Trinajstić information content (AvgIpc) is 2.74. The summed E-state index contributed by atoms with van der Waals surface area (Å²) in [6, 6.07) is 12.8. The number of sulfonamides is 1. The van der Waals surface area contributed by atoms with E-state index >= 15 is 0 Å². The Bertz CT molecular complexity index is 1030. The van der Waals surface area contributed by atoms with E-state index in [1.807, 2.05) is 31.2 Å². The molecule has 0 aromatic heterocycles. The van der Waals surface area contributed by atoms with Gasteiger partial charge in [-0.05, 0) is 55.3 Å². The number of amides is 2. The van der Waals surface area contributed by atoms with Gasteiger partial charge in [-0.15, -0.1) is 0 Å². The molecule has 1 N–H and O–H groups in total. The van der Waals surface area contributed by atoms with Crippen molar-refractivity contribution in [3.05, 3.63) is 63.6 Å². The second kappa shape index (κ2) is 11.7. The van der Waals surface area contributed by atoms with Crippen molar-refractivity contribution in [1.82, 2.24) is 10.2 Å². The largest absolute Gasteiger partial charge is 0.354 e. The van der Waals surface area contributed by atoms with Crippen molar-refractivity contribution in [2.24, 2.45) is 0 Å². The third kappa shape index (κ3) is 7.50. The molecule has 0 aliphatic heterocycles. The van der Waals surface area contributed by atoms with Crippen LogP contribution in [-0.4, -0.2) is 50.5 Å². The lowest BCUT2D eigenvalue weighted by Crippen LogP contribution is -2.51. The molecule has 2 amide bonds. The standard InChI is InChI=1S/C22H27BrClN3O4S/c1-4-13-25-22(29)16(2)26(14-17-5-7-18(23)8-6-17)21(28)15-27(32(3,30)31)20-11-9-19(24)10-12-20/h5-12,16H,4,13-15H2,1-3H3,(H,25,29)/t16-/m1/s1. The van der Waals surface area contributed by atoms with Crippen LogP contribution in [0.1, 0.15) is 25.8 Å². The van der Waals surface area contributed by atoms with Gasteiger partial charge in [-0.2, -0.15) is 0 Å². The minimum atomic E-state index is -3.76. The number of anilines is 1. The molecule has 0 heterocycles. The lowest BCUT2D eigenvalue weighted by Gasteiger charge is -2.31. The molecule has 0 spiro atoms. The van der Waals surface area contributed by atoms with Crippen molar-refractivity contribution in [2.45, 2.75) is 32.9 Å². The Hall–Kier alpha value is -2.10. The Balaban J connectivity index is 2.34. The van der Waals surface area contributed by atoms with E-state index in [-0.39, 0.29) is 12.5 Å². The molecule has 174 valence electrons. The molecule has 32 heavy (non-hydrogen) atoms. The Morgan fingerprint density at radius 1 is 1.09 bits per heavy atom. The number of carbonyl (C=O) groups is 2. The second-order valence-electron chi connectivity index (χ2n) is 7.36. The van der Waals surface area contributed by atoms with Crippen LogP contribution in [0.2, 0.25) is 5.02 Å². The van der Waals surface area contributed by atoms with E-state index in [1.54, 1.807) is 19.1 Å². The summed E-state index contributed by atoms with van der Waals surface area (Å²) >= 11 is 9.29. The minimum absolute atomic E-state index is 0.158. The summed E-state index contributed by atoms with van der Waals surface area (Å²) < 4.78 is 26.8. The molecule has 0 radical (unpaired) electrons. The first kappa shape index (κ1) is 26.2. The molecule has 2 aromatic carbocycles. The van der Waals surface area contributed by atoms with Crippen LogP contribution >= 0.6 is 27.5 Å². The predicted molar refractivity (Wildman–Crippen MR) is 131 cm³/mol. The molecule has 0 saturated heterocycles. The van der Waals surface area contributed by atoms with E-state index in [9.17, 15) is 18.0 Å². The zero-order valence-corrected chi connectivity index (χ0v) is 21.4. The quantitative estimate of drug-likeness (QED) is 0.493. The van der Waals surface area contributed by atoms with Gasteiger partial charge in [-0.1, -0.05) is 46.6 Å². The zero-order chi connectivity index (χ0) is 23.9. The van der Waals surface area contributed by atoms with E-state index in [4.69, 9.17) is 11.6 Å². The van der Waals surface area contributed by atoms with E-state index < -0.39 is 28.5 Å². The molecule has 0 fully saturated rings. The molecule has 0 unspecified atom stereocenters. The number of rotatable bonds is 10. The summed E-state index contributed by atoms with van der Waals surface area (Å²) in [5.41, 5.74) is 1.13. The third-order valence-electron chi connectivity index (χ3n) is 4.78. The highest BCUT2D eigenvalue weighted by Crippen LogP contribution is 2.21. The summed E-state index contributed by atoms with van der Waals surface area (Å²) in [4.78, 5) is 27.4. The number of halogens is 2. The lowest BCUT2D eigenvalue weighted by molar-refractivity contribution is -0.139. The van der Waals surface area contributed by atoms with Crippen molar-refractivity contribution in [1.29, 1.82) is 0 Å². The van der Waals surface area contributed by atoms with Gasteiger partial charge >= 0.3 is 0 Å². The van der Waals surface area contributed by atoms with Gasteiger partial charge in [-0.25, -0.2) is 8.42 Å². The summed E-state index contributed by atoms with van der Waals surface area (Å²) in [5, 5.41) is 3.25. The molecule has 2 aromatic rings. The molecular weight excluding hydrogens is 518 g/mol. The van der Waals surface area contributed by atoms with Crippen LogP contribution in [-0.2, 0) is 26.2 Å². The number of hydrogen-bond acceptors (Lipinski definition) is 4. The minimum Gasteiger partial charge on any atom is -0.354 e. The van der Waals surface area contributed by atoms with Gasteiger partial charge in [0.15, 0.2) is 0 Å². The fraction of sp³-hybridized carbons (Fsp3) is 0.364. The van der Waals surface area contributed by atoms with Crippen LogP contribution in [0.15, 0.2) is 53.0 Å². The summed E-state index contributed by atoms with van der Waals surface area (Å²) in [6.45, 7) is 3.78. The van der Waals surface area contributed by atoms with E-state index in [0.29, 0.717) is 17.3 Å². The first-order valence-corrected chi connectivity index (χ1v) is 13.1. The first-order chi connectivity index (χ1) is 15.0. The maximum atomic E-state index is 13.3. The van der Waals surface area contributed by atoms with Crippen LogP contribution in [0.4, 0.5) is 5.69 Å². The number of carbonyl (C=O) groups excluding carboxylic acids is 2. The summed E-state index contributed by atoms with van der Waals surface area (Å²) in [5.74, 6) is -0.790. The summed E-state index contributed by atoms with van der Waals surface area (Å²) in [6.07, 6.45) is 1.79. The van der Waals surface area contributed by atoms with E-state index in [2.05, 4.69) is 21.2 Å². The molecule has 1 atom stereocenters. The number of nitrogens with zero attached hydrogens (tertiary/aromatic N) is 2. The predicted octanol–water partition coefficient (Wildman–Crippen LogP) is 3.81. The van der Waals surface area contributed by atoms with Crippen molar-refractivity contribution in [2.75, 3.05) is 23.7 Å². The fourth-order valence-corrected chi connectivity index (χ4v) is 4.23. The van der Waals surface area contributed by atoms with Gasteiger partial charge in [0.25, 0.3) is 0 Å². The maximum absolute atomic E-state index is 13.3. The Labute approximate surface area is 202 Å². The van der Waals surface area contributed by atoms with Crippen molar-refractivity contribution in [3.8, 4) is 0 Å². The van der Waals surface area contributed by atoms with Gasteiger partial charge in [0.2, 0.25) is 21.8 Å². The molecule has 0 saturated carbocycles. The van der Waals surface area contributed by atoms with Crippen LogP contribution in [0.5, 0.6) is 0 Å². The first-order valence-electron chi connectivity index (χ1n) is 10.1. The Kier molecular flexibility index (Phi) is 9.54. The second-order valence-corrected chi connectivity index (χ2v) is 10.6. The number of benzene rings is 2. The van der Waals surface area contributed by atoms with Gasteiger partial charge in [0.05, 0.1) is 11.9 Å². The molecule has 0 aliphatic rings. The maximum Gasteiger partial charge on any atom is 0.244 e. The highest BCUT2D eigenvalue weighted by molar-refractivity contribution is 9.10. The molecule has 2 rings (SSSR count). The molecule has 0 aliphatic carbocycles. The van der Waals surface area contributed by atoms with Crippen LogP contribution in [0.25, 0.3) is 0 Å². The van der Waals surface area contributed by atoms with Gasteiger partial charge in [0.1, 0.15) is 12.6 Å².